The number of hydrogen-bond donors (Lipinski definition) is 2. The Bertz CT molecular complexity index is 664. The van der Waals surface area contributed by atoms with Crippen LogP contribution in [0.1, 0.15) is 11.1 Å². The van der Waals surface area contributed by atoms with Crippen molar-refractivity contribution in [2.24, 2.45) is 0 Å². The Morgan fingerprint density at radius 3 is 2.67 bits per heavy atom. The molecule has 8 heteroatoms. The van der Waals surface area contributed by atoms with Gasteiger partial charge in [0, 0.05) is 11.9 Å². The van der Waals surface area contributed by atoms with Crippen LogP contribution in [-0.4, -0.2) is 15.7 Å². The second-order valence-electron chi connectivity index (χ2n) is 4.51. The average molecular weight is 298 g/mol. The van der Waals surface area contributed by atoms with Gasteiger partial charge in [-0.1, -0.05) is 6.07 Å². The Morgan fingerprint density at radius 2 is 2.10 bits per heavy atom. The molecule has 1 amide bonds. The van der Waals surface area contributed by atoms with Gasteiger partial charge in [-0.25, -0.2) is 0 Å². The summed E-state index contributed by atoms with van der Waals surface area (Å²) in [5.41, 5.74) is 5.26. The number of nitrogen functional groups attached to an aromatic ring is 1. The minimum absolute atomic E-state index is 0.120. The summed E-state index contributed by atoms with van der Waals surface area (Å²) in [6.07, 6.45) is -2.95. The Labute approximate surface area is 118 Å². The van der Waals surface area contributed by atoms with E-state index in [0.717, 1.165) is 12.1 Å². The molecule has 0 aliphatic heterocycles. The summed E-state index contributed by atoms with van der Waals surface area (Å²) in [4.78, 5) is 11.8. The quantitative estimate of drug-likeness (QED) is 0.914. The van der Waals surface area contributed by atoms with Crippen molar-refractivity contribution in [3.8, 4) is 0 Å². The molecule has 0 aliphatic carbocycles. The van der Waals surface area contributed by atoms with E-state index in [4.69, 9.17) is 5.73 Å². The van der Waals surface area contributed by atoms with Gasteiger partial charge in [0.25, 0.3) is 0 Å². The Morgan fingerprint density at radius 1 is 1.38 bits per heavy atom. The maximum atomic E-state index is 12.6. The molecule has 1 aromatic carbocycles. The van der Waals surface area contributed by atoms with E-state index < -0.39 is 17.6 Å². The molecule has 0 aliphatic rings. The predicted octanol–water partition coefficient (Wildman–Crippen LogP) is 2.43. The molecule has 5 nitrogen and oxygen atoms in total. The largest absolute Gasteiger partial charge is 0.416 e. The van der Waals surface area contributed by atoms with E-state index in [1.807, 2.05) is 0 Å². The predicted molar refractivity (Wildman–Crippen MR) is 71.5 cm³/mol. The van der Waals surface area contributed by atoms with Crippen LogP contribution in [-0.2, 0) is 17.5 Å². The van der Waals surface area contributed by atoms with Crippen molar-refractivity contribution in [2.75, 3.05) is 11.1 Å². The standard InChI is InChI=1S/C13H13F3N4O/c1-8-2-3-9(13(14,15)16)6-10(8)18-12(21)7-20-5-4-11(17)19-20/h2-6H,7H2,1H3,(H2,17,19)(H,18,21). The number of hydrogen-bond acceptors (Lipinski definition) is 3. The highest BCUT2D eigenvalue weighted by molar-refractivity contribution is 5.91. The van der Waals surface area contributed by atoms with Crippen LogP contribution >= 0.6 is 0 Å². The summed E-state index contributed by atoms with van der Waals surface area (Å²) in [6.45, 7) is 1.48. The summed E-state index contributed by atoms with van der Waals surface area (Å²) >= 11 is 0. The van der Waals surface area contributed by atoms with Gasteiger partial charge in [0.05, 0.1) is 5.56 Å². The van der Waals surface area contributed by atoms with Crippen molar-refractivity contribution in [1.82, 2.24) is 9.78 Å². The van der Waals surface area contributed by atoms with E-state index in [9.17, 15) is 18.0 Å². The molecule has 1 heterocycles. The Balaban J connectivity index is 2.13. The van der Waals surface area contributed by atoms with Gasteiger partial charge in [-0.2, -0.15) is 18.3 Å². The monoisotopic (exact) mass is 298 g/mol. The smallest absolute Gasteiger partial charge is 0.382 e. The molecule has 0 fully saturated rings. The number of nitrogens with two attached hydrogens (primary N) is 1. The third-order valence-corrected chi connectivity index (χ3v) is 2.81. The topological polar surface area (TPSA) is 72.9 Å². The first kappa shape index (κ1) is 14.9. The molecule has 0 atom stereocenters. The lowest BCUT2D eigenvalue weighted by molar-refractivity contribution is -0.137. The number of nitrogens with one attached hydrogen (secondary N) is 1. The lowest BCUT2D eigenvalue weighted by atomic mass is 10.1. The molecule has 0 radical (unpaired) electrons. The van der Waals surface area contributed by atoms with E-state index >= 15 is 0 Å². The van der Waals surface area contributed by atoms with Crippen molar-refractivity contribution in [1.29, 1.82) is 0 Å². The van der Waals surface area contributed by atoms with Crippen LogP contribution < -0.4 is 11.1 Å². The highest BCUT2D eigenvalue weighted by atomic mass is 19.4. The van der Waals surface area contributed by atoms with Crippen LogP contribution in [0.25, 0.3) is 0 Å². The number of carbonyl (C=O) groups excluding carboxylic acids is 1. The number of amides is 1. The van der Waals surface area contributed by atoms with Crippen molar-refractivity contribution >= 4 is 17.4 Å². The first-order chi connectivity index (χ1) is 9.75. The molecule has 0 bridgehead atoms. The maximum Gasteiger partial charge on any atom is 0.416 e. The van der Waals surface area contributed by atoms with Gasteiger partial charge in [0.15, 0.2) is 0 Å². The number of anilines is 2. The lowest BCUT2D eigenvalue weighted by Gasteiger charge is -2.12. The highest BCUT2D eigenvalue weighted by Gasteiger charge is 2.30. The van der Waals surface area contributed by atoms with E-state index in [1.54, 1.807) is 6.92 Å². The van der Waals surface area contributed by atoms with E-state index in [1.165, 1.54) is 23.0 Å². The van der Waals surface area contributed by atoms with E-state index in [2.05, 4.69) is 10.4 Å². The summed E-state index contributed by atoms with van der Waals surface area (Å²) in [7, 11) is 0. The number of halogens is 3. The van der Waals surface area contributed by atoms with Gasteiger partial charge in [0.2, 0.25) is 5.91 Å². The second kappa shape index (κ2) is 5.47. The van der Waals surface area contributed by atoms with Crippen molar-refractivity contribution < 1.29 is 18.0 Å². The number of aromatic nitrogens is 2. The third-order valence-electron chi connectivity index (χ3n) is 2.81. The molecular weight excluding hydrogens is 285 g/mol. The van der Waals surface area contributed by atoms with Crippen LogP contribution in [0.3, 0.4) is 0 Å². The normalized spacial score (nSPS) is 11.4. The molecule has 21 heavy (non-hydrogen) atoms. The first-order valence-corrected chi connectivity index (χ1v) is 6.02. The molecule has 3 N–H and O–H groups in total. The first-order valence-electron chi connectivity index (χ1n) is 6.02. The zero-order chi connectivity index (χ0) is 15.6. The number of aryl methyl sites for hydroxylation is 1. The summed E-state index contributed by atoms with van der Waals surface area (Å²) in [5, 5.41) is 6.26. The number of nitrogens with zero attached hydrogens (tertiary/aromatic N) is 2. The third kappa shape index (κ3) is 3.74. The van der Waals surface area contributed by atoms with Gasteiger partial charge in [-0.15, -0.1) is 0 Å². The number of carbonyl (C=O) groups is 1. The fraction of sp³-hybridized carbons (Fsp3) is 0.231. The lowest BCUT2D eigenvalue weighted by Crippen LogP contribution is -2.20. The SMILES string of the molecule is Cc1ccc(C(F)(F)F)cc1NC(=O)Cn1ccc(N)n1. The summed E-state index contributed by atoms with van der Waals surface area (Å²) < 4.78 is 39.2. The molecule has 2 rings (SSSR count). The van der Waals surface area contributed by atoms with E-state index in [0.29, 0.717) is 5.56 Å². The fourth-order valence-corrected chi connectivity index (χ4v) is 1.74. The second-order valence-corrected chi connectivity index (χ2v) is 4.51. The summed E-state index contributed by atoms with van der Waals surface area (Å²) in [6, 6.07) is 4.71. The minimum Gasteiger partial charge on any atom is -0.382 e. The van der Waals surface area contributed by atoms with Crippen molar-refractivity contribution in [3.63, 3.8) is 0 Å². The molecule has 0 spiro atoms. The zero-order valence-corrected chi connectivity index (χ0v) is 11.1. The van der Waals surface area contributed by atoms with Gasteiger partial charge < -0.3 is 11.1 Å². The van der Waals surface area contributed by atoms with Crippen LogP contribution in [0, 0.1) is 6.92 Å². The van der Waals surface area contributed by atoms with Crippen LogP contribution in [0.5, 0.6) is 0 Å². The van der Waals surface area contributed by atoms with Gasteiger partial charge in [-0.3, -0.25) is 9.48 Å². The van der Waals surface area contributed by atoms with Crippen LogP contribution in [0.15, 0.2) is 30.5 Å². The average Bonchev–Trinajstić information content (AvgIpc) is 2.76. The number of rotatable bonds is 3. The Kier molecular flexibility index (Phi) is 3.88. The molecule has 0 saturated heterocycles. The molecule has 0 saturated carbocycles. The molecular formula is C13H13F3N4O. The number of alkyl halides is 3. The van der Waals surface area contributed by atoms with Crippen LogP contribution in [0.2, 0.25) is 0 Å². The van der Waals surface area contributed by atoms with Crippen LogP contribution in [0.4, 0.5) is 24.7 Å². The molecule has 0 unspecified atom stereocenters. The van der Waals surface area contributed by atoms with Gasteiger partial charge in [-0.05, 0) is 30.7 Å². The maximum absolute atomic E-state index is 12.6. The molecule has 2 aromatic rings. The van der Waals surface area contributed by atoms with Gasteiger partial charge in [0.1, 0.15) is 12.4 Å². The zero-order valence-electron chi connectivity index (χ0n) is 11.1. The van der Waals surface area contributed by atoms with Crippen molar-refractivity contribution in [3.05, 3.63) is 41.6 Å². The molecule has 112 valence electrons. The highest BCUT2D eigenvalue weighted by Crippen LogP contribution is 2.32. The van der Waals surface area contributed by atoms with E-state index in [-0.39, 0.29) is 18.1 Å². The molecule has 1 aromatic heterocycles. The van der Waals surface area contributed by atoms with Gasteiger partial charge >= 0.3 is 6.18 Å². The van der Waals surface area contributed by atoms with Crippen molar-refractivity contribution in [2.45, 2.75) is 19.6 Å². The fourth-order valence-electron chi connectivity index (χ4n) is 1.74. The Hall–Kier alpha value is -2.51. The summed E-state index contributed by atoms with van der Waals surface area (Å²) in [5.74, 6) is -0.224. The number of benzene rings is 1. The minimum atomic E-state index is -4.45.